The highest BCUT2D eigenvalue weighted by atomic mass is 19.1. The molecular weight excluding hydrogens is 233 g/mol. The Labute approximate surface area is 104 Å². The van der Waals surface area contributed by atoms with Crippen molar-refractivity contribution in [1.29, 1.82) is 0 Å². The van der Waals surface area contributed by atoms with E-state index in [1.165, 1.54) is 12.1 Å². The summed E-state index contributed by atoms with van der Waals surface area (Å²) in [7, 11) is 0. The van der Waals surface area contributed by atoms with E-state index in [4.69, 9.17) is 5.11 Å². The zero-order valence-electron chi connectivity index (χ0n) is 9.85. The molecule has 0 saturated heterocycles. The van der Waals surface area contributed by atoms with Crippen LogP contribution in [-0.2, 0) is 11.2 Å². The SMILES string of the molecule is Cc1cc(CC(=O)O)ncc1-c1cccc(F)c1. The van der Waals surface area contributed by atoms with Gasteiger partial charge >= 0.3 is 5.97 Å². The Balaban J connectivity index is 2.38. The lowest BCUT2D eigenvalue weighted by Crippen LogP contribution is -2.03. The molecule has 2 aromatic rings. The van der Waals surface area contributed by atoms with Crippen LogP contribution in [0.1, 0.15) is 11.3 Å². The van der Waals surface area contributed by atoms with Crippen molar-refractivity contribution in [3.63, 3.8) is 0 Å². The Morgan fingerprint density at radius 2 is 2.17 bits per heavy atom. The Morgan fingerprint density at radius 1 is 1.39 bits per heavy atom. The largest absolute Gasteiger partial charge is 0.481 e. The van der Waals surface area contributed by atoms with Gasteiger partial charge in [0.15, 0.2) is 0 Å². The molecule has 0 aliphatic carbocycles. The first-order valence-corrected chi connectivity index (χ1v) is 5.49. The lowest BCUT2D eigenvalue weighted by Gasteiger charge is -2.07. The summed E-state index contributed by atoms with van der Waals surface area (Å²) in [5, 5.41) is 8.69. The van der Waals surface area contributed by atoms with Crippen molar-refractivity contribution in [2.24, 2.45) is 0 Å². The molecule has 18 heavy (non-hydrogen) atoms. The average molecular weight is 245 g/mol. The van der Waals surface area contributed by atoms with Crippen LogP contribution in [0.2, 0.25) is 0 Å². The van der Waals surface area contributed by atoms with Crippen molar-refractivity contribution >= 4 is 5.97 Å². The molecule has 4 heteroatoms. The maximum absolute atomic E-state index is 13.1. The number of aliphatic carboxylic acids is 1. The van der Waals surface area contributed by atoms with Gasteiger partial charge in [0.25, 0.3) is 0 Å². The highest BCUT2D eigenvalue weighted by Crippen LogP contribution is 2.23. The van der Waals surface area contributed by atoms with Crippen LogP contribution in [0, 0.1) is 12.7 Å². The number of pyridine rings is 1. The van der Waals surface area contributed by atoms with E-state index in [2.05, 4.69) is 4.98 Å². The molecule has 1 aromatic carbocycles. The highest BCUT2D eigenvalue weighted by molar-refractivity contribution is 5.71. The van der Waals surface area contributed by atoms with E-state index >= 15 is 0 Å². The van der Waals surface area contributed by atoms with Gasteiger partial charge in [-0.05, 0) is 36.2 Å². The molecule has 0 atom stereocenters. The maximum Gasteiger partial charge on any atom is 0.309 e. The Kier molecular flexibility index (Phi) is 3.37. The van der Waals surface area contributed by atoms with Crippen molar-refractivity contribution in [2.75, 3.05) is 0 Å². The molecule has 0 aliphatic heterocycles. The number of carboxylic acid groups (broad SMARTS) is 1. The lowest BCUT2D eigenvalue weighted by atomic mass is 10.0. The minimum Gasteiger partial charge on any atom is -0.481 e. The zero-order chi connectivity index (χ0) is 13.1. The van der Waals surface area contributed by atoms with Crippen LogP contribution in [0.5, 0.6) is 0 Å². The molecule has 0 spiro atoms. The third-order valence-corrected chi connectivity index (χ3v) is 2.64. The van der Waals surface area contributed by atoms with Gasteiger partial charge in [-0.3, -0.25) is 9.78 Å². The molecule has 1 aromatic heterocycles. The molecule has 0 bridgehead atoms. The number of halogens is 1. The fourth-order valence-corrected chi connectivity index (χ4v) is 1.82. The van der Waals surface area contributed by atoms with Crippen LogP contribution >= 0.6 is 0 Å². The number of hydrogen-bond donors (Lipinski definition) is 1. The predicted octanol–water partition coefficient (Wildman–Crippen LogP) is 2.82. The summed E-state index contributed by atoms with van der Waals surface area (Å²) in [6, 6.07) is 7.96. The fourth-order valence-electron chi connectivity index (χ4n) is 1.82. The number of carbonyl (C=O) groups is 1. The van der Waals surface area contributed by atoms with Gasteiger partial charge in [-0.15, -0.1) is 0 Å². The molecule has 92 valence electrons. The van der Waals surface area contributed by atoms with Crippen LogP contribution in [-0.4, -0.2) is 16.1 Å². The van der Waals surface area contributed by atoms with E-state index in [0.717, 1.165) is 16.7 Å². The van der Waals surface area contributed by atoms with Crippen LogP contribution in [0.25, 0.3) is 11.1 Å². The summed E-state index contributed by atoms with van der Waals surface area (Å²) >= 11 is 0. The van der Waals surface area contributed by atoms with Gasteiger partial charge < -0.3 is 5.11 Å². The molecular formula is C14H12FNO2. The smallest absolute Gasteiger partial charge is 0.309 e. The van der Waals surface area contributed by atoms with Crippen LogP contribution in [0.3, 0.4) is 0 Å². The van der Waals surface area contributed by atoms with E-state index < -0.39 is 5.97 Å². The summed E-state index contributed by atoms with van der Waals surface area (Å²) in [4.78, 5) is 14.7. The molecule has 2 rings (SSSR count). The standard InChI is InChI=1S/C14H12FNO2/c1-9-5-12(7-14(17)18)16-8-13(9)10-3-2-4-11(15)6-10/h2-6,8H,7H2,1H3,(H,17,18). The number of aromatic nitrogens is 1. The molecule has 0 aliphatic rings. The third-order valence-electron chi connectivity index (χ3n) is 2.64. The summed E-state index contributed by atoms with van der Waals surface area (Å²) in [5.74, 6) is -1.22. The third kappa shape index (κ3) is 2.71. The van der Waals surface area contributed by atoms with E-state index in [1.54, 1.807) is 24.4 Å². The normalized spacial score (nSPS) is 10.3. The Morgan fingerprint density at radius 3 is 2.78 bits per heavy atom. The van der Waals surface area contributed by atoms with Gasteiger partial charge in [-0.25, -0.2) is 4.39 Å². The molecule has 0 fully saturated rings. The minimum absolute atomic E-state index is 0.107. The molecule has 0 radical (unpaired) electrons. The minimum atomic E-state index is -0.916. The highest BCUT2D eigenvalue weighted by Gasteiger charge is 2.07. The molecule has 0 amide bonds. The van der Waals surface area contributed by atoms with Gasteiger partial charge in [-0.2, -0.15) is 0 Å². The van der Waals surface area contributed by atoms with Gasteiger partial charge in [0.05, 0.1) is 12.1 Å². The summed E-state index contributed by atoms with van der Waals surface area (Å²) in [6.45, 7) is 1.85. The number of nitrogens with zero attached hydrogens (tertiary/aromatic N) is 1. The van der Waals surface area contributed by atoms with Gasteiger partial charge in [0, 0.05) is 11.8 Å². The average Bonchev–Trinajstić information content (AvgIpc) is 2.28. The monoisotopic (exact) mass is 245 g/mol. The van der Waals surface area contributed by atoms with Gasteiger partial charge in [0.2, 0.25) is 0 Å². The van der Waals surface area contributed by atoms with E-state index in [0.29, 0.717) is 5.69 Å². The van der Waals surface area contributed by atoms with Crippen molar-refractivity contribution in [3.8, 4) is 11.1 Å². The molecule has 0 unspecified atom stereocenters. The molecule has 0 saturated carbocycles. The van der Waals surface area contributed by atoms with Gasteiger partial charge in [-0.1, -0.05) is 12.1 Å². The van der Waals surface area contributed by atoms with Crippen LogP contribution in [0.15, 0.2) is 36.5 Å². The van der Waals surface area contributed by atoms with Crippen LogP contribution in [0.4, 0.5) is 4.39 Å². The second-order valence-corrected chi connectivity index (χ2v) is 4.07. The lowest BCUT2D eigenvalue weighted by molar-refractivity contribution is -0.136. The van der Waals surface area contributed by atoms with Crippen molar-refractivity contribution in [2.45, 2.75) is 13.3 Å². The Hall–Kier alpha value is -2.23. The first-order chi connectivity index (χ1) is 8.56. The van der Waals surface area contributed by atoms with Gasteiger partial charge in [0.1, 0.15) is 5.82 Å². The number of benzene rings is 1. The zero-order valence-corrected chi connectivity index (χ0v) is 9.85. The number of carboxylic acids is 1. The number of aryl methyl sites for hydroxylation is 1. The van der Waals surface area contributed by atoms with Crippen molar-refractivity contribution in [3.05, 3.63) is 53.6 Å². The maximum atomic E-state index is 13.1. The summed E-state index contributed by atoms with van der Waals surface area (Å²) in [5.41, 5.74) is 2.93. The topological polar surface area (TPSA) is 50.2 Å². The van der Waals surface area contributed by atoms with Crippen molar-refractivity contribution in [1.82, 2.24) is 4.98 Å². The van der Waals surface area contributed by atoms with Crippen molar-refractivity contribution < 1.29 is 14.3 Å². The van der Waals surface area contributed by atoms with E-state index in [1.807, 2.05) is 6.92 Å². The molecule has 1 heterocycles. The fraction of sp³-hybridized carbons (Fsp3) is 0.143. The van der Waals surface area contributed by atoms with E-state index in [9.17, 15) is 9.18 Å². The second kappa shape index (κ2) is 4.96. The Bertz CT molecular complexity index is 596. The van der Waals surface area contributed by atoms with Crippen LogP contribution < -0.4 is 0 Å². The summed E-state index contributed by atoms with van der Waals surface area (Å²) < 4.78 is 13.1. The molecule has 3 nitrogen and oxygen atoms in total. The van der Waals surface area contributed by atoms with E-state index in [-0.39, 0.29) is 12.2 Å². The molecule has 1 N–H and O–H groups in total. The number of rotatable bonds is 3. The summed E-state index contributed by atoms with van der Waals surface area (Å²) in [6.07, 6.45) is 1.48. The predicted molar refractivity (Wildman–Crippen MR) is 65.7 cm³/mol. The first kappa shape index (κ1) is 12.2. The number of hydrogen-bond acceptors (Lipinski definition) is 2. The second-order valence-electron chi connectivity index (χ2n) is 4.07. The quantitative estimate of drug-likeness (QED) is 0.904. The first-order valence-electron chi connectivity index (χ1n) is 5.49.